The fourth-order valence-electron chi connectivity index (χ4n) is 2.39. The molecule has 0 aliphatic carbocycles. The molecule has 0 fully saturated rings. The second-order valence-corrected chi connectivity index (χ2v) is 5.10. The molecule has 1 atom stereocenters. The summed E-state index contributed by atoms with van der Waals surface area (Å²) >= 11 is 0. The number of fused-ring (bicyclic) bond motifs is 1. The van der Waals surface area contributed by atoms with Gasteiger partial charge in [-0.3, -0.25) is 4.79 Å². The van der Waals surface area contributed by atoms with Crippen molar-refractivity contribution in [3.05, 3.63) is 23.8 Å². The van der Waals surface area contributed by atoms with Crippen molar-refractivity contribution in [2.75, 3.05) is 44.8 Å². The summed E-state index contributed by atoms with van der Waals surface area (Å²) in [5.74, 6) is 0.862. The van der Waals surface area contributed by atoms with E-state index >= 15 is 0 Å². The summed E-state index contributed by atoms with van der Waals surface area (Å²) in [5, 5.41) is 15.1. The molecule has 3 N–H and O–H groups in total. The zero-order valence-electron chi connectivity index (χ0n) is 12.9. The van der Waals surface area contributed by atoms with E-state index in [9.17, 15) is 4.79 Å². The average molecular weight is 308 g/mol. The van der Waals surface area contributed by atoms with Crippen LogP contribution in [0.4, 0.5) is 5.69 Å². The van der Waals surface area contributed by atoms with Crippen LogP contribution < -0.4 is 15.4 Å². The summed E-state index contributed by atoms with van der Waals surface area (Å²) in [6, 6.07) is 5.26. The number of nitrogens with one attached hydrogen (secondary N) is 2. The predicted molar refractivity (Wildman–Crippen MR) is 84.7 cm³/mol. The van der Waals surface area contributed by atoms with Gasteiger partial charge in [0.15, 0.2) is 5.78 Å². The highest BCUT2D eigenvalue weighted by molar-refractivity contribution is 6.01. The van der Waals surface area contributed by atoms with Crippen LogP contribution >= 0.6 is 0 Å². The van der Waals surface area contributed by atoms with Crippen LogP contribution in [0, 0.1) is 0 Å². The summed E-state index contributed by atoms with van der Waals surface area (Å²) in [4.78, 5) is 12.6. The van der Waals surface area contributed by atoms with Crippen LogP contribution in [-0.4, -0.2) is 56.4 Å². The number of rotatable bonds is 9. The molecule has 1 aromatic rings. The van der Waals surface area contributed by atoms with E-state index < -0.39 is 0 Å². The van der Waals surface area contributed by atoms with Crippen LogP contribution in [0.15, 0.2) is 18.2 Å². The van der Waals surface area contributed by atoms with Crippen LogP contribution in [-0.2, 0) is 4.74 Å². The normalized spacial score (nSPS) is 14.6. The number of benzene rings is 1. The van der Waals surface area contributed by atoms with E-state index in [4.69, 9.17) is 14.6 Å². The zero-order chi connectivity index (χ0) is 15.8. The van der Waals surface area contributed by atoms with Gasteiger partial charge in [0.1, 0.15) is 12.4 Å². The van der Waals surface area contributed by atoms with Gasteiger partial charge in [0.2, 0.25) is 0 Å². The molecular formula is C16H24N2O4. The third-order valence-electron chi connectivity index (χ3n) is 3.54. The van der Waals surface area contributed by atoms with Crippen molar-refractivity contribution in [3.8, 4) is 5.75 Å². The van der Waals surface area contributed by atoms with Gasteiger partial charge >= 0.3 is 0 Å². The van der Waals surface area contributed by atoms with Crippen molar-refractivity contribution >= 4 is 11.5 Å². The average Bonchev–Trinajstić information content (AvgIpc) is 2.57. The third kappa shape index (κ3) is 4.43. The van der Waals surface area contributed by atoms with Crippen molar-refractivity contribution in [1.29, 1.82) is 0 Å². The summed E-state index contributed by atoms with van der Waals surface area (Å²) in [5.41, 5.74) is 1.55. The van der Waals surface area contributed by atoms with Gasteiger partial charge in [0, 0.05) is 18.7 Å². The molecule has 2 rings (SSSR count). The van der Waals surface area contributed by atoms with Gasteiger partial charge in [-0.05, 0) is 24.6 Å². The smallest absolute Gasteiger partial charge is 0.179 e. The highest BCUT2D eigenvalue weighted by atomic mass is 16.5. The Bertz CT molecular complexity index is 493. The maximum Gasteiger partial charge on any atom is 0.179 e. The first kappa shape index (κ1) is 16.7. The molecule has 1 heterocycles. The van der Waals surface area contributed by atoms with Gasteiger partial charge in [0.25, 0.3) is 0 Å². The van der Waals surface area contributed by atoms with E-state index in [0.29, 0.717) is 38.3 Å². The van der Waals surface area contributed by atoms with Crippen LogP contribution in [0.3, 0.4) is 0 Å². The van der Waals surface area contributed by atoms with Crippen molar-refractivity contribution in [3.63, 3.8) is 0 Å². The molecule has 0 bridgehead atoms. The Hall–Kier alpha value is -1.63. The third-order valence-corrected chi connectivity index (χ3v) is 3.54. The standard InChI is InChI=1S/C16H24N2O4/c1-2-13(17-5-8-21-10-7-19)16(20)12-3-4-15-14(11-12)18-6-9-22-15/h3-4,11,13,17-19H,2,5-10H2,1H3. The highest BCUT2D eigenvalue weighted by Gasteiger charge is 2.19. The van der Waals surface area contributed by atoms with Crippen LogP contribution in [0.25, 0.3) is 0 Å². The summed E-state index contributed by atoms with van der Waals surface area (Å²) in [6.07, 6.45) is 0.708. The lowest BCUT2D eigenvalue weighted by Gasteiger charge is -2.21. The molecule has 6 heteroatoms. The Kier molecular flexibility index (Phi) is 6.64. The van der Waals surface area contributed by atoms with Gasteiger partial charge < -0.3 is 25.2 Å². The number of aliphatic hydroxyl groups is 1. The lowest BCUT2D eigenvalue weighted by Crippen LogP contribution is -2.38. The summed E-state index contributed by atoms with van der Waals surface area (Å²) < 4.78 is 10.7. The maximum atomic E-state index is 12.6. The van der Waals surface area contributed by atoms with Crippen molar-refractivity contribution in [2.45, 2.75) is 19.4 Å². The minimum Gasteiger partial charge on any atom is -0.490 e. The number of ether oxygens (including phenoxy) is 2. The number of hydrogen-bond acceptors (Lipinski definition) is 6. The van der Waals surface area contributed by atoms with E-state index in [1.165, 1.54) is 0 Å². The van der Waals surface area contributed by atoms with E-state index in [1.54, 1.807) is 6.07 Å². The molecule has 0 radical (unpaired) electrons. The predicted octanol–water partition coefficient (Wildman–Crippen LogP) is 1.05. The monoisotopic (exact) mass is 308 g/mol. The van der Waals surface area contributed by atoms with Gasteiger partial charge in [-0.2, -0.15) is 0 Å². The van der Waals surface area contributed by atoms with E-state index in [0.717, 1.165) is 18.0 Å². The lowest BCUT2D eigenvalue weighted by atomic mass is 10.0. The number of carbonyl (C=O) groups excluding carboxylic acids is 1. The van der Waals surface area contributed by atoms with Crippen LogP contribution in [0.5, 0.6) is 5.75 Å². The van der Waals surface area contributed by atoms with Gasteiger partial charge in [-0.25, -0.2) is 0 Å². The molecule has 6 nitrogen and oxygen atoms in total. The van der Waals surface area contributed by atoms with Crippen molar-refractivity contribution in [2.24, 2.45) is 0 Å². The summed E-state index contributed by atoms with van der Waals surface area (Å²) in [7, 11) is 0. The minimum absolute atomic E-state index is 0.0142. The number of carbonyl (C=O) groups is 1. The second-order valence-electron chi connectivity index (χ2n) is 5.10. The molecule has 22 heavy (non-hydrogen) atoms. The molecule has 0 amide bonds. The molecule has 0 aromatic heterocycles. The minimum atomic E-state index is -0.236. The Labute approximate surface area is 130 Å². The molecular weight excluding hydrogens is 284 g/mol. The molecule has 122 valence electrons. The maximum absolute atomic E-state index is 12.6. The van der Waals surface area contributed by atoms with E-state index in [2.05, 4.69) is 10.6 Å². The van der Waals surface area contributed by atoms with Gasteiger partial charge in [-0.1, -0.05) is 6.92 Å². The molecule has 0 saturated carbocycles. The Balaban J connectivity index is 1.93. The van der Waals surface area contributed by atoms with E-state index in [1.807, 2.05) is 19.1 Å². The molecule has 1 unspecified atom stereocenters. The topological polar surface area (TPSA) is 79.8 Å². The van der Waals surface area contributed by atoms with Crippen LogP contribution in [0.2, 0.25) is 0 Å². The number of ketones is 1. The molecule has 1 aliphatic rings. The SMILES string of the molecule is CCC(NCCOCCO)C(=O)c1ccc2c(c1)NCCO2. The molecule has 0 saturated heterocycles. The Morgan fingerprint density at radius 1 is 1.50 bits per heavy atom. The Morgan fingerprint density at radius 3 is 3.14 bits per heavy atom. The number of hydrogen-bond donors (Lipinski definition) is 3. The molecule has 1 aliphatic heterocycles. The first-order chi connectivity index (χ1) is 10.8. The summed E-state index contributed by atoms with van der Waals surface area (Å²) in [6.45, 7) is 4.77. The van der Waals surface area contributed by atoms with Gasteiger partial charge in [-0.15, -0.1) is 0 Å². The first-order valence-corrected chi connectivity index (χ1v) is 7.73. The fraction of sp³-hybridized carbons (Fsp3) is 0.562. The fourth-order valence-corrected chi connectivity index (χ4v) is 2.39. The quantitative estimate of drug-likeness (QED) is 0.467. The first-order valence-electron chi connectivity index (χ1n) is 7.73. The molecule has 1 aromatic carbocycles. The number of Topliss-reactive ketones (excluding diaryl/α,β-unsaturated/α-hetero) is 1. The van der Waals surface area contributed by atoms with E-state index in [-0.39, 0.29) is 18.4 Å². The zero-order valence-corrected chi connectivity index (χ0v) is 12.9. The molecule has 0 spiro atoms. The lowest BCUT2D eigenvalue weighted by molar-refractivity contribution is 0.0860. The number of aliphatic hydroxyl groups excluding tert-OH is 1. The van der Waals surface area contributed by atoms with Crippen molar-refractivity contribution in [1.82, 2.24) is 5.32 Å². The second kappa shape index (κ2) is 8.73. The highest BCUT2D eigenvalue weighted by Crippen LogP contribution is 2.28. The largest absolute Gasteiger partial charge is 0.490 e. The van der Waals surface area contributed by atoms with Crippen LogP contribution in [0.1, 0.15) is 23.7 Å². The van der Waals surface area contributed by atoms with Crippen molar-refractivity contribution < 1.29 is 19.4 Å². The number of anilines is 1. The van der Waals surface area contributed by atoms with Gasteiger partial charge in [0.05, 0.1) is 31.5 Å². The Morgan fingerprint density at radius 2 is 2.36 bits per heavy atom.